The molecule has 0 aliphatic rings. The number of aromatic nitrogens is 2. The maximum atomic E-state index is 12.6. The molecule has 30 heavy (non-hydrogen) atoms. The van der Waals surface area contributed by atoms with E-state index in [1.165, 1.54) is 0 Å². The predicted octanol–water partition coefficient (Wildman–Crippen LogP) is 4.52. The Kier molecular flexibility index (Phi) is 7.40. The van der Waals surface area contributed by atoms with Crippen LogP contribution in [0.4, 0.5) is 13.2 Å². The number of guanidine groups is 1. The van der Waals surface area contributed by atoms with Crippen LogP contribution in [-0.4, -0.2) is 29.0 Å². The molecule has 2 aromatic heterocycles. The lowest BCUT2D eigenvalue weighted by Gasteiger charge is -2.11. The highest BCUT2D eigenvalue weighted by Gasteiger charge is 2.33. The third-order valence-corrected chi connectivity index (χ3v) is 5.03. The molecule has 3 aromatic rings. The Morgan fingerprint density at radius 2 is 2.00 bits per heavy atom. The van der Waals surface area contributed by atoms with Crippen molar-refractivity contribution in [3.05, 3.63) is 70.3 Å². The summed E-state index contributed by atoms with van der Waals surface area (Å²) in [5.41, 5.74) is 2.11. The number of thiazole rings is 1. The van der Waals surface area contributed by atoms with Crippen molar-refractivity contribution in [1.82, 2.24) is 20.6 Å². The van der Waals surface area contributed by atoms with Gasteiger partial charge in [0, 0.05) is 36.7 Å². The fraction of sp³-hybridized carbons (Fsp3) is 0.286. The van der Waals surface area contributed by atoms with Gasteiger partial charge in [0.05, 0.1) is 17.2 Å². The van der Waals surface area contributed by atoms with Crippen molar-refractivity contribution in [3.8, 4) is 11.3 Å². The van der Waals surface area contributed by atoms with Crippen LogP contribution in [0.3, 0.4) is 0 Å². The Labute approximate surface area is 177 Å². The Morgan fingerprint density at radius 3 is 2.70 bits per heavy atom. The number of pyridine rings is 1. The van der Waals surface area contributed by atoms with Crippen LogP contribution in [0.15, 0.2) is 59.0 Å². The molecule has 0 saturated carbocycles. The summed E-state index contributed by atoms with van der Waals surface area (Å²) in [5, 5.41) is 7.77. The molecule has 158 valence electrons. The van der Waals surface area contributed by atoms with Crippen LogP contribution in [0.2, 0.25) is 0 Å². The Bertz CT molecular complexity index is 970. The van der Waals surface area contributed by atoms with Gasteiger partial charge >= 0.3 is 6.18 Å². The van der Waals surface area contributed by atoms with E-state index >= 15 is 0 Å². The van der Waals surface area contributed by atoms with Gasteiger partial charge in [-0.15, -0.1) is 11.3 Å². The first-order valence-electron chi connectivity index (χ1n) is 9.50. The van der Waals surface area contributed by atoms with Gasteiger partial charge in [-0.25, -0.2) is 9.98 Å². The van der Waals surface area contributed by atoms with E-state index in [1.807, 2.05) is 49.4 Å². The summed E-state index contributed by atoms with van der Waals surface area (Å²) in [6.07, 6.45) is -2.25. The minimum absolute atomic E-state index is 0.389. The Hall–Kier alpha value is -2.94. The van der Waals surface area contributed by atoms with Crippen molar-refractivity contribution in [2.75, 3.05) is 13.1 Å². The number of benzene rings is 1. The predicted molar refractivity (Wildman–Crippen MR) is 113 cm³/mol. The molecule has 0 bridgehead atoms. The largest absolute Gasteiger partial charge is 0.434 e. The first-order valence-corrected chi connectivity index (χ1v) is 10.4. The Morgan fingerprint density at radius 1 is 1.13 bits per heavy atom. The van der Waals surface area contributed by atoms with Crippen LogP contribution in [0, 0.1) is 0 Å². The van der Waals surface area contributed by atoms with E-state index in [0.717, 1.165) is 33.5 Å². The number of rotatable bonds is 7. The molecular weight excluding hydrogens is 411 g/mol. The molecule has 0 saturated heterocycles. The highest BCUT2D eigenvalue weighted by atomic mass is 32.1. The minimum Gasteiger partial charge on any atom is -0.357 e. The quantitative estimate of drug-likeness (QED) is 0.425. The van der Waals surface area contributed by atoms with Gasteiger partial charge in [-0.1, -0.05) is 24.3 Å². The second kappa shape index (κ2) is 10.2. The van der Waals surface area contributed by atoms with E-state index < -0.39 is 11.9 Å². The van der Waals surface area contributed by atoms with E-state index in [1.54, 1.807) is 6.20 Å². The number of halogens is 3. The van der Waals surface area contributed by atoms with Gasteiger partial charge in [-0.2, -0.15) is 13.2 Å². The first kappa shape index (κ1) is 21.8. The zero-order valence-electron chi connectivity index (χ0n) is 16.4. The van der Waals surface area contributed by atoms with E-state index in [-0.39, 0.29) is 0 Å². The standard InChI is InChI=1S/C21H22F3N5S/c1-2-25-20(27-11-9-19-29-18(14-30-19)21(22,23)24)28-13-15-6-5-7-16(12-15)17-8-3-4-10-26-17/h3-8,10,12,14H,2,9,11,13H2,1H3,(H2,25,27,28). The molecule has 0 amide bonds. The molecule has 2 N–H and O–H groups in total. The fourth-order valence-corrected chi connectivity index (χ4v) is 3.52. The van der Waals surface area contributed by atoms with Crippen molar-refractivity contribution in [2.45, 2.75) is 26.1 Å². The maximum absolute atomic E-state index is 12.6. The number of nitrogens with one attached hydrogen (secondary N) is 2. The lowest BCUT2D eigenvalue weighted by atomic mass is 10.1. The molecule has 0 aliphatic heterocycles. The van der Waals surface area contributed by atoms with E-state index in [2.05, 4.69) is 25.6 Å². The molecule has 0 atom stereocenters. The average molecular weight is 434 g/mol. The zero-order valence-corrected chi connectivity index (χ0v) is 17.2. The molecule has 0 fully saturated rings. The van der Waals surface area contributed by atoms with Gasteiger partial charge in [0.2, 0.25) is 0 Å². The van der Waals surface area contributed by atoms with Crippen LogP contribution in [0.5, 0.6) is 0 Å². The average Bonchev–Trinajstić information content (AvgIpc) is 3.22. The van der Waals surface area contributed by atoms with Crippen molar-refractivity contribution >= 4 is 17.3 Å². The lowest BCUT2D eigenvalue weighted by Crippen LogP contribution is -2.38. The minimum atomic E-state index is -4.40. The SMILES string of the molecule is CCNC(=NCc1cccc(-c2ccccn2)c1)NCCc1nc(C(F)(F)F)cs1. The number of alkyl halides is 3. The topological polar surface area (TPSA) is 62.2 Å². The normalized spacial score (nSPS) is 12.1. The summed E-state index contributed by atoms with van der Waals surface area (Å²) in [6.45, 7) is 3.53. The molecule has 1 aromatic carbocycles. The van der Waals surface area contributed by atoms with Gasteiger partial charge in [-0.3, -0.25) is 4.98 Å². The number of hydrogen-bond donors (Lipinski definition) is 2. The van der Waals surface area contributed by atoms with Crippen molar-refractivity contribution < 1.29 is 13.2 Å². The molecule has 5 nitrogen and oxygen atoms in total. The molecule has 9 heteroatoms. The highest BCUT2D eigenvalue weighted by Crippen LogP contribution is 2.30. The van der Waals surface area contributed by atoms with Crippen LogP contribution < -0.4 is 10.6 Å². The molecule has 0 radical (unpaired) electrons. The van der Waals surface area contributed by atoms with Gasteiger partial charge < -0.3 is 10.6 Å². The van der Waals surface area contributed by atoms with Crippen LogP contribution in [0.1, 0.15) is 23.2 Å². The second-order valence-corrected chi connectivity index (χ2v) is 7.35. The third-order valence-electron chi connectivity index (χ3n) is 4.13. The van der Waals surface area contributed by atoms with Crippen molar-refractivity contribution in [3.63, 3.8) is 0 Å². The van der Waals surface area contributed by atoms with E-state index in [0.29, 0.717) is 37.0 Å². The molecule has 3 rings (SSSR count). The summed E-state index contributed by atoms with van der Waals surface area (Å²) >= 11 is 1.01. The highest BCUT2D eigenvalue weighted by molar-refractivity contribution is 7.09. The van der Waals surface area contributed by atoms with Gasteiger partial charge in [0.1, 0.15) is 0 Å². The zero-order chi connectivity index (χ0) is 21.4. The number of nitrogens with zero attached hydrogens (tertiary/aromatic N) is 3. The van der Waals surface area contributed by atoms with E-state index in [4.69, 9.17) is 0 Å². The number of hydrogen-bond acceptors (Lipinski definition) is 4. The first-order chi connectivity index (χ1) is 14.5. The molecular formula is C21H22F3N5S. The molecule has 0 spiro atoms. The summed E-state index contributed by atoms with van der Waals surface area (Å²) in [5.74, 6) is 0.605. The van der Waals surface area contributed by atoms with Crippen molar-refractivity contribution in [1.29, 1.82) is 0 Å². The smallest absolute Gasteiger partial charge is 0.357 e. The van der Waals surface area contributed by atoms with Crippen molar-refractivity contribution in [2.24, 2.45) is 4.99 Å². The van der Waals surface area contributed by atoms with Crippen LogP contribution >= 0.6 is 11.3 Å². The lowest BCUT2D eigenvalue weighted by molar-refractivity contribution is -0.140. The monoisotopic (exact) mass is 433 g/mol. The molecule has 0 unspecified atom stereocenters. The summed E-state index contributed by atoms with van der Waals surface area (Å²) in [4.78, 5) is 12.6. The van der Waals surface area contributed by atoms with Crippen LogP contribution in [0.25, 0.3) is 11.3 Å². The van der Waals surface area contributed by atoms with Crippen LogP contribution in [-0.2, 0) is 19.1 Å². The van der Waals surface area contributed by atoms with E-state index in [9.17, 15) is 13.2 Å². The van der Waals surface area contributed by atoms with Gasteiger partial charge in [-0.05, 0) is 30.7 Å². The summed E-state index contributed by atoms with van der Waals surface area (Å²) in [6, 6.07) is 13.8. The fourth-order valence-electron chi connectivity index (χ4n) is 2.72. The van der Waals surface area contributed by atoms with Gasteiger partial charge in [0.15, 0.2) is 11.7 Å². The number of aliphatic imine (C=N–C) groups is 1. The summed E-state index contributed by atoms with van der Waals surface area (Å²) in [7, 11) is 0. The Balaban J connectivity index is 1.59. The maximum Gasteiger partial charge on any atom is 0.434 e. The molecule has 2 heterocycles. The third kappa shape index (κ3) is 6.28. The molecule has 0 aliphatic carbocycles. The summed E-state index contributed by atoms with van der Waals surface area (Å²) < 4.78 is 37.9. The second-order valence-electron chi connectivity index (χ2n) is 6.41. The van der Waals surface area contributed by atoms with Gasteiger partial charge in [0.25, 0.3) is 0 Å².